The summed E-state index contributed by atoms with van der Waals surface area (Å²) in [5.74, 6) is 1.18. The summed E-state index contributed by atoms with van der Waals surface area (Å²) in [6.07, 6.45) is 9.59. The number of carbonyl (C=O) groups is 1. The van der Waals surface area contributed by atoms with E-state index in [4.69, 9.17) is 9.47 Å². The summed E-state index contributed by atoms with van der Waals surface area (Å²) < 4.78 is 11.0. The van der Waals surface area contributed by atoms with Crippen molar-refractivity contribution in [3.8, 4) is 11.5 Å². The Balaban J connectivity index is 1.90. The van der Waals surface area contributed by atoms with Crippen molar-refractivity contribution in [2.45, 2.75) is 71.6 Å². The van der Waals surface area contributed by atoms with Gasteiger partial charge in [0.1, 0.15) is 11.5 Å². The summed E-state index contributed by atoms with van der Waals surface area (Å²) in [4.78, 5) is 12.3. The second kappa shape index (κ2) is 12.2. The standard InChI is InChI=1S/C24H32O3/c1-3-5-6-7-8-9-15-21-17-11-13-19-23(21)27-24(25)26-22-18-12-10-16-20(22)14-4-2/h10-13,16-19H,3-9,14-15H2,1-2H3. The number of hydrogen-bond acceptors (Lipinski definition) is 3. The van der Waals surface area contributed by atoms with Crippen molar-refractivity contribution in [1.82, 2.24) is 0 Å². The summed E-state index contributed by atoms with van der Waals surface area (Å²) >= 11 is 0. The van der Waals surface area contributed by atoms with Crippen LogP contribution >= 0.6 is 0 Å². The fourth-order valence-corrected chi connectivity index (χ4v) is 3.19. The molecule has 0 radical (unpaired) electrons. The Kier molecular flexibility index (Phi) is 9.47. The number of carbonyl (C=O) groups excluding carboxylic acids is 1. The van der Waals surface area contributed by atoms with Gasteiger partial charge in [0.2, 0.25) is 0 Å². The van der Waals surface area contributed by atoms with E-state index in [0.717, 1.165) is 36.8 Å². The van der Waals surface area contributed by atoms with Gasteiger partial charge in [-0.15, -0.1) is 0 Å². The second-order valence-corrected chi connectivity index (χ2v) is 6.94. The van der Waals surface area contributed by atoms with Crippen LogP contribution in [0.3, 0.4) is 0 Å². The molecule has 0 saturated heterocycles. The third kappa shape index (κ3) is 7.46. The molecule has 0 atom stereocenters. The van der Waals surface area contributed by atoms with Gasteiger partial charge >= 0.3 is 6.16 Å². The highest BCUT2D eigenvalue weighted by Crippen LogP contribution is 2.24. The van der Waals surface area contributed by atoms with Crippen LogP contribution in [0.4, 0.5) is 4.79 Å². The molecule has 0 spiro atoms. The lowest BCUT2D eigenvalue weighted by Crippen LogP contribution is -2.15. The first-order valence-electron chi connectivity index (χ1n) is 10.3. The van der Waals surface area contributed by atoms with Gasteiger partial charge in [0, 0.05) is 0 Å². The molecule has 3 heteroatoms. The maximum Gasteiger partial charge on any atom is 0.519 e. The molecule has 0 saturated carbocycles. The monoisotopic (exact) mass is 368 g/mol. The fraction of sp³-hybridized carbons (Fsp3) is 0.458. The van der Waals surface area contributed by atoms with Crippen LogP contribution in [-0.2, 0) is 12.8 Å². The minimum absolute atomic E-state index is 0.581. The SMILES string of the molecule is CCCCCCCCc1ccccc1OC(=O)Oc1ccccc1CCC. The number of para-hydroxylation sites is 2. The van der Waals surface area contributed by atoms with Gasteiger partial charge < -0.3 is 9.47 Å². The molecule has 0 heterocycles. The largest absolute Gasteiger partial charge is 0.519 e. The molecule has 0 amide bonds. The first-order chi connectivity index (χ1) is 13.2. The quantitative estimate of drug-likeness (QED) is 0.241. The normalized spacial score (nSPS) is 10.6. The molecule has 2 aromatic rings. The molecule has 146 valence electrons. The summed E-state index contributed by atoms with van der Waals surface area (Å²) in [6.45, 7) is 4.33. The Morgan fingerprint density at radius 3 is 1.78 bits per heavy atom. The molecule has 2 aromatic carbocycles. The van der Waals surface area contributed by atoms with E-state index in [1.807, 2.05) is 48.5 Å². The summed E-state index contributed by atoms with van der Waals surface area (Å²) in [7, 11) is 0. The molecule has 0 aliphatic rings. The molecule has 0 unspecified atom stereocenters. The van der Waals surface area contributed by atoms with Gasteiger partial charge in [0.15, 0.2) is 0 Å². The Bertz CT molecular complexity index is 694. The first kappa shape index (κ1) is 21.0. The van der Waals surface area contributed by atoms with E-state index < -0.39 is 6.16 Å². The van der Waals surface area contributed by atoms with E-state index in [2.05, 4.69) is 13.8 Å². The van der Waals surface area contributed by atoms with Gasteiger partial charge in [-0.25, -0.2) is 4.79 Å². The van der Waals surface area contributed by atoms with Crippen LogP contribution in [0.5, 0.6) is 11.5 Å². The van der Waals surface area contributed by atoms with Crippen molar-refractivity contribution in [3.05, 3.63) is 59.7 Å². The number of rotatable bonds is 11. The zero-order valence-electron chi connectivity index (χ0n) is 16.7. The highest BCUT2D eigenvalue weighted by molar-refractivity contribution is 5.68. The van der Waals surface area contributed by atoms with Crippen LogP contribution in [0, 0.1) is 0 Å². The zero-order valence-corrected chi connectivity index (χ0v) is 16.7. The maximum atomic E-state index is 12.3. The molecule has 27 heavy (non-hydrogen) atoms. The van der Waals surface area contributed by atoms with E-state index in [1.165, 1.54) is 32.1 Å². The molecule has 3 nitrogen and oxygen atoms in total. The molecule has 0 aliphatic heterocycles. The predicted molar refractivity (Wildman–Crippen MR) is 111 cm³/mol. The van der Waals surface area contributed by atoms with Crippen molar-refractivity contribution in [3.63, 3.8) is 0 Å². The van der Waals surface area contributed by atoms with Crippen LogP contribution in [-0.4, -0.2) is 6.16 Å². The number of ether oxygens (including phenoxy) is 2. The molecule has 0 bridgehead atoms. The molecular weight excluding hydrogens is 336 g/mol. The Morgan fingerprint density at radius 1 is 0.667 bits per heavy atom. The number of hydrogen-bond donors (Lipinski definition) is 0. The Labute approximate surface area is 163 Å². The molecule has 0 N–H and O–H groups in total. The smallest absolute Gasteiger partial charge is 0.394 e. The lowest BCUT2D eigenvalue weighted by molar-refractivity contribution is 0.151. The van der Waals surface area contributed by atoms with Gasteiger partial charge in [-0.2, -0.15) is 0 Å². The van der Waals surface area contributed by atoms with Gasteiger partial charge in [-0.05, 0) is 42.5 Å². The van der Waals surface area contributed by atoms with Crippen molar-refractivity contribution in [2.24, 2.45) is 0 Å². The molecular formula is C24H32O3. The zero-order chi connectivity index (χ0) is 19.3. The third-order valence-corrected chi connectivity index (χ3v) is 4.65. The van der Waals surface area contributed by atoms with Crippen LogP contribution in [0.2, 0.25) is 0 Å². The number of unbranched alkanes of at least 4 members (excludes halogenated alkanes) is 5. The molecule has 0 aliphatic carbocycles. The van der Waals surface area contributed by atoms with Crippen molar-refractivity contribution in [1.29, 1.82) is 0 Å². The lowest BCUT2D eigenvalue weighted by Gasteiger charge is -2.12. The maximum absolute atomic E-state index is 12.3. The van der Waals surface area contributed by atoms with E-state index >= 15 is 0 Å². The van der Waals surface area contributed by atoms with Crippen molar-refractivity contribution >= 4 is 6.16 Å². The summed E-state index contributed by atoms with van der Waals surface area (Å²) in [5.41, 5.74) is 2.09. The Morgan fingerprint density at radius 2 is 1.19 bits per heavy atom. The molecule has 2 rings (SSSR count). The van der Waals surface area contributed by atoms with E-state index in [9.17, 15) is 4.79 Å². The van der Waals surface area contributed by atoms with Gasteiger partial charge in [0.05, 0.1) is 0 Å². The van der Waals surface area contributed by atoms with Crippen molar-refractivity contribution in [2.75, 3.05) is 0 Å². The van der Waals surface area contributed by atoms with Crippen molar-refractivity contribution < 1.29 is 14.3 Å². The van der Waals surface area contributed by atoms with Crippen LogP contribution in [0.15, 0.2) is 48.5 Å². The minimum Gasteiger partial charge on any atom is -0.394 e. The van der Waals surface area contributed by atoms with E-state index in [-0.39, 0.29) is 0 Å². The molecule has 0 fully saturated rings. The van der Waals surface area contributed by atoms with Gasteiger partial charge in [-0.1, -0.05) is 88.8 Å². The minimum atomic E-state index is -0.672. The summed E-state index contributed by atoms with van der Waals surface area (Å²) in [5, 5.41) is 0. The van der Waals surface area contributed by atoms with Gasteiger partial charge in [0.25, 0.3) is 0 Å². The lowest BCUT2D eigenvalue weighted by atomic mass is 10.0. The van der Waals surface area contributed by atoms with E-state index in [0.29, 0.717) is 11.5 Å². The van der Waals surface area contributed by atoms with Gasteiger partial charge in [-0.3, -0.25) is 0 Å². The first-order valence-corrected chi connectivity index (χ1v) is 10.3. The highest BCUT2D eigenvalue weighted by Gasteiger charge is 2.13. The Hall–Kier alpha value is -2.29. The summed E-state index contributed by atoms with van der Waals surface area (Å²) in [6, 6.07) is 15.4. The number of aryl methyl sites for hydroxylation is 2. The average Bonchev–Trinajstić information content (AvgIpc) is 2.67. The third-order valence-electron chi connectivity index (χ3n) is 4.65. The van der Waals surface area contributed by atoms with Crippen LogP contribution < -0.4 is 9.47 Å². The van der Waals surface area contributed by atoms with Crippen LogP contribution in [0.1, 0.15) is 69.9 Å². The topological polar surface area (TPSA) is 35.5 Å². The van der Waals surface area contributed by atoms with Crippen LogP contribution in [0.25, 0.3) is 0 Å². The second-order valence-electron chi connectivity index (χ2n) is 6.94. The molecule has 0 aromatic heterocycles. The average molecular weight is 369 g/mol. The highest BCUT2D eigenvalue weighted by atomic mass is 16.7. The fourth-order valence-electron chi connectivity index (χ4n) is 3.19. The predicted octanol–water partition coefficient (Wildman–Crippen LogP) is 7.12. The van der Waals surface area contributed by atoms with E-state index in [1.54, 1.807) is 0 Å². The number of benzene rings is 2.